The maximum absolute atomic E-state index is 12.4. The van der Waals surface area contributed by atoms with Gasteiger partial charge in [-0.1, -0.05) is 18.2 Å². The van der Waals surface area contributed by atoms with Crippen molar-refractivity contribution < 1.29 is 24.6 Å². The van der Waals surface area contributed by atoms with E-state index in [2.05, 4.69) is 16.8 Å². The monoisotopic (exact) mass is 360 g/mol. The summed E-state index contributed by atoms with van der Waals surface area (Å²) in [7, 11) is 2.19. The Morgan fingerprint density at radius 2 is 1.42 bits per heavy atom. The van der Waals surface area contributed by atoms with Crippen molar-refractivity contribution in [2.24, 2.45) is 11.8 Å². The lowest BCUT2D eigenvalue weighted by molar-refractivity contribution is -0.134. The predicted molar refractivity (Wildman–Crippen MR) is 95.9 cm³/mol. The van der Waals surface area contributed by atoms with Crippen molar-refractivity contribution in [2.75, 3.05) is 33.2 Å². The second kappa shape index (κ2) is 9.15. The van der Waals surface area contributed by atoms with Gasteiger partial charge in [0.25, 0.3) is 5.91 Å². The van der Waals surface area contributed by atoms with E-state index in [1.54, 1.807) is 0 Å². The first-order chi connectivity index (χ1) is 12.3. The summed E-state index contributed by atoms with van der Waals surface area (Å²) in [4.78, 5) is 36.0. The molecule has 0 spiro atoms. The van der Waals surface area contributed by atoms with Crippen LogP contribution in [0.4, 0.5) is 0 Å². The van der Waals surface area contributed by atoms with Crippen LogP contribution in [0.15, 0.2) is 42.5 Å². The smallest absolute Gasteiger partial charge is 0.328 e. The Morgan fingerprint density at radius 1 is 0.923 bits per heavy atom. The first kappa shape index (κ1) is 19.7. The molecule has 2 fully saturated rings. The molecule has 2 heterocycles. The Labute approximate surface area is 152 Å². The molecule has 2 aliphatic rings. The zero-order valence-electron chi connectivity index (χ0n) is 14.7. The molecular weight excluding hydrogens is 336 g/mol. The molecule has 0 saturated carbocycles. The Morgan fingerprint density at radius 3 is 1.88 bits per heavy atom. The SMILES string of the molecule is CN1CC2CC(C1)CN(C(=O)c1ccccc1)C2.O=C(O)/C=C/C(=O)O. The Kier molecular flexibility index (Phi) is 6.91. The van der Waals surface area contributed by atoms with Crippen LogP contribution in [0.2, 0.25) is 0 Å². The summed E-state index contributed by atoms with van der Waals surface area (Å²) in [6, 6.07) is 9.66. The van der Waals surface area contributed by atoms with Crippen molar-refractivity contribution in [3.63, 3.8) is 0 Å². The van der Waals surface area contributed by atoms with E-state index in [1.807, 2.05) is 30.3 Å². The Balaban J connectivity index is 0.000000260. The van der Waals surface area contributed by atoms with Gasteiger partial charge in [-0.25, -0.2) is 9.59 Å². The lowest BCUT2D eigenvalue weighted by Crippen LogP contribution is -2.53. The van der Waals surface area contributed by atoms with Crippen LogP contribution in [0.25, 0.3) is 0 Å². The highest BCUT2D eigenvalue weighted by Gasteiger charge is 2.34. The number of benzene rings is 1. The summed E-state index contributed by atoms with van der Waals surface area (Å²) in [5.74, 6) is -0.986. The number of fused-ring (bicyclic) bond motifs is 2. The van der Waals surface area contributed by atoms with Gasteiger partial charge in [-0.2, -0.15) is 0 Å². The van der Waals surface area contributed by atoms with Gasteiger partial charge in [-0.15, -0.1) is 0 Å². The average molecular weight is 360 g/mol. The maximum Gasteiger partial charge on any atom is 0.328 e. The number of carboxylic acids is 2. The van der Waals surface area contributed by atoms with Gasteiger partial charge in [0, 0.05) is 43.9 Å². The standard InChI is InChI=1S/C15H20N2O.C4H4O4/c1-16-8-12-7-13(9-16)11-17(10-12)15(18)14-5-3-2-4-6-14;5-3(6)1-2-4(7)8/h2-6,12-13H,7-11H2,1H3;1-2H,(H,5,6)(H,7,8)/b;2-1+. The van der Waals surface area contributed by atoms with E-state index < -0.39 is 11.9 Å². The van der Waals surface area contributed by atoms with Gasteiger partial charge in [0.15, 0.2) is 0 Å². The molecule has 1 aromatic rings. The number of nitrogens with zero attached hydrogens (tertiary/aromatic N) is 2. The van der Waals surface area contributed by atoms with Crippen LogP contribution in [0.3, 0.4) is 0 Å². The number of carbonyl (C=O) groups is 3. The fraction of sp³-hybridized carbons (Fsp3) is 0.421. The Hall–Kier alpha value is -2.67. The highest BCUT2D eigenvalue weighted by Crippen LogP contribution is 2.28. The lowest BCUT2D eigenvalue weighted by Gasteiger charge is -2.44. The largest absolute Gasteiger partial charge is 0.478 e. The first-order valence-corrected chi connectivity index (χ1v) is 8.52. The van der Waals surface area contributed by atoms with Crippen LogP contribution < -0.4 is 0 Å². The molecule has 26 heavy (non-hydrogen) atoms. The van der Waals surface area contributed by atoms with Crippen LogP contribution in [0.1, 0.15) is 16.8 Å². The molecule has 7 heteroatoms. The van der Waals surface area contributed by atoms with Crippen LogP contribution >= 0.6 is 0 Å². The van der Waals surface area contributed by atoms with E-state index in [9.17, 15) is 14.4 Å². The first-order valence-electron chi connectivity index (χ1n) is 8.52. The molecule has 7 nitrogen and oxygen atoms in total. The molecule has 2 bridgehead atoms. The van der Waals surface area contributed by atoms with E-state index in [-0.39, 0.29) is 5.91 Å². The van der Waals surface area contributed by atoms with Gasteiger partial charge < -0.3 is 20.0 Å². The van der Waals surface area contributed by atoms with Gasteiger partial charge >= 0.3 is 11.9 Å². The average Bonchev–Trinajstić information content (AvgIpc) is 2.59. The maximum atomic E-state index is 12.4. The van der Waals surface area contributed by atoms with E-state index >= 15 is 0 Å². The molecular formula is C19H24N2O5. The van der Waals surface area contributed by atoms with E-state index in [0.717, 1.165) is 31.7 Å². The molecule has 0 aliphatic carbocycles. The number of rotatable bonds is 3. The van der Waals surface area contributed by atoms with Crippen molar-refractivity contribution in [3.8, 4) is 0 Å². The lowest BCUT2D eigenvalue weighted by atomic mass is 9.84. The zero-order valence-corrected chi connectivity index (χ0v) is 14.7. The zero-order chi connectivity index (χ0) is 19.1. The molecule has 1 amide bonds. The van der Waals surface area contributed by atoms with Crippen LogP contribution in [-0.4, -0.2) is 71.1 Å². The van der Waals surface area contributed by atoms with Crippen LogP contribution in [0, 0.1) is 11.8 Å². The number of carbonyl (C=O) groups excluding carboxylic acids is 1. The number of amides is 1. The number of likely N-dealkylation sites (tertiary alicyclic amines) is 2. The molecule has 2 N–H and O–H groups in total. The minimum absolute atomic E-state index is 0.204. The van der Waals surface area contributed by atoms with Crippen molar-refractivity contribution >= 4 is 17.8 Å². The molecule has 2 unspecified atom stereocenters. The number of hydrogen-bond acceptors (Lipinski definition) is 4. The van der Waals surface area contributed by atoms with E-state index in [0.29, 0.717) is 24.0 Å². The van der Waals surface area contributed by atoms with Gasteiger partial charge in [-0.3, -0.25) is 4.79 Å². The summed E-state index contributed by atoms with van der Waals surface area (Å²) in [5, 5.41) is 15.6. The molecule has 2 aliphatic heterocycles. The number of hydrogen-bond donors (Lipinski definition) is 2. The third-order valence-corrected chi connectivity index (χ3v) is 4.44. The molecule has 140 valence electrons. The highest BCUT2D eigenvalue weighted by atomic mass is 16.4. The summed E-state index contributed by atoms with van der Waals surface area (Å²) >= 11 is 0. The van der Waals surface area contributed by atoms with Crippen molar-refractivity contribution in [1.82, 2.24) is 9.80 Å². The van der Waals surface area contributed by atoms with Crippen molar-refractivity contribution in [3.05, 3.63) is 48.0 Å². The molecule has 0 radical (unpaired) electrons. The molecule has 2 atom stereocenters. The van der Waals surface area contributed by atoms with Crippen LogP contribution in [-0.2, 0) is 9.59 Å². The number of piperidine rings is 2. The van der Waals surface area contributed by atoms with Crippen molar-refractivity contribution in [1.29, 1.82) is 0 Å². The summed E-state index contributed by atoms with van der Waals surface area (Å²) in [5.41, 5.74) is 0.825. The number of aliphatic carboxylic acids is 2. The summed E-state index contributed by atoms with van der Waals surface area (Å²) in [6.45, 7) is 4.12. The van der Waals surface area contributed by atoms with E-state index in [1.165, 1.54) is 6.42 Å². The number of carboxylic acid groups (broad SMARTS) is 2. The molecule has 3 rings (SSSR count). The third-order valence-electron chi connectivity index (χ3n) is 4.44. The summed E-state index contributed by atoms with van der Waals surface area (Å²) in [6.07, 6.45) is 2.41. The summed E-state index contributed by atoms with van der Waals surface area (Å²) < 4.78 is 0. The fourth-order valence-corrected chi connectivity index (χ4v) is 3.61. The van der Waals surface area contributed by atoms with Gasteiger partial charge in [0.2, 0.25) is 0 Å². The second-order valence-corrected chi connectivity index (χ2v) is 6.77. The highest BCUT2D eigenvalue weighted by molar-refractivity contribution is 5.94. The topological polar surface area (TPSA) is 98.2 Å². The second-order valence-electron chi connectivity index (χ2n) is 6.77. The third kappa shape index (κ3) is 6.00. The van der Waals surface area contributed by atoms with Crippen LogP contribution in [0.5, 0.6) is 0 Å². The van der Waals surface area contributed by atoms with Crippen molar-refractivity contribution in [2.45, 2.75) is 6.42 Å². The quantitative estimate of drug-likeness (QED) is 0.791. The minimum Gasteiger partial charge on any atom is -0.478 e. The van der Waals surface area contributed by atoms with Gasteiger partial charge in [0.1, 0.15) is 0 Å². The predicted octanol–water partition coefficient (Wildman–Crippen LogP) is 1.42. The fourth-order valence-electron chi connectivity index (χ4n) is 3.61. The molecule has 1 aromatic carbocycles. The Bertz CT molecular complexity index is 640. The van der Waals surface area contributed by atoms with Gasteiger partial charge in [0.05, 0.1) is 0 Å². The van der Waals surface area contributed by atoms with E-state index in [4.69, 9.17) is 10.2 Å². The molecule has 0 aromatic heterocycles. The normalized spacial score (nSPS) is 22.4. The molecule has 2 saturated heterocycles. The minimum atomic E-state index is -1.26. The van der Waals surface area contributed by atoms with Gasteiger partial charge in [-0.05, 0) is 37.4 Å².